The molecule has 388 valence electrons. The minimum absolute atomic E-state index is 0. The molecule has 0 atom stereocenters. The van der Waals surface area contributed by atoms with Crippen LogP contribution in [0.2, 0.25) is 0 Å². The van der Waals surface area contributed by atoms with Crippen molar-refractivity contribution in [3.63, 3.8) is 0 Å². The molecule has 0 unspecified atom stereocenters. The van der Waals surface area contributed by atoms with Crippen LogP contribution in [-0.4, -0.2) is 6.41 Å². The molecule has 0 saturated heterocycles. The van der Waals surface area contributed by atoms with Crippen LogP contribution in [0, 0.1) is 24.3 Å². The molecule has 0 aliphatic heterocycles. The van der Waals surface area contributed by atoms with Crippen LogP contribution >= 0.6 is 0 Å². The maximum atomic E-state index is 3.65. The maximum Gasteiger partial charge on any atom is -0.0181 e. The van der Waals surface area contributed by atoms with Crippen LogP contribution in [0.5, 0.6) is 0 Å². The first-order chi connectivity index (χ1) is 38.4. The summed E-state index contributed by atoms with van der Waals surface area (Å²) in [7, 11) is 0. The zero-order chi connectivity index (χ0) is 53.7. The van der Waals surface area contributed by atoms with Crippen LogP contribution < -0.4 is 24.8 Å². The van der Waals surface area contributed by atoms with Crippen LogP contribution in [0.3, 0.4) is 0 Å². The van der Waals surface area contributed by atoms with Crippen molar-refractivity contribution in [1.82, 2.24) is 0 Å². The Morgan fingerprint density at radius 3 is 0.925 bits per heavy atom. The first kappa shape index (κ1) is 60.9. The summed E-state index contributed by atoms with van der Waals surface area (Å²) in [6.45, 7) is 4.32. The van der Waals surface area contributed by atoms with Gasteiger partial charge >= 0.3 is 141 Å². The smallest absolute Gasteiger partial charge is 0.0181 e. The summed E-state index contributed by atoms with van der Waals surface area (Å²) in [6, 6.07) is 93.0. The molecule has 0 N–H and O–H groups in total. The van der Waals surface area contributed by atoms with Gasteiger partial charge in [0.05, 0.1) is 0 Å². The minimum Gasteiger partial charge on any atom is -1.00 e. The van der Waals surface area contributed by atoms with Gasteiger partial charge in [0.2, 0.25) is 0 Å². The normalized spacial score (nSPS) is 11.7. The molecule has 4 aliphatic carbocycles. The first-order valence-electron chi connectivity index (χ1n) is 26.6. The molecule has 0 radical (unpaired) electrons. The van der Waals surface area contributed by atoms with E-state index < -0.39 is 0 Å². The quantitative estimate of drug-likeness (QED) is 0.146. The average molecular weight is 1230 g/mol. The molecule has 4 heteroatoms. The minimum atomic E-state index is 0. The van der Waals surface area contributed by atoms with Crippen molar-refractivity contribution in [3.8, 4) is 66.8 Å². The van der Waals surface area contributed by atoms with Crippen molar-refractivity contribution in [2.75, 3.05) is 0 Å². The first-order valence-corrected chi connectivity index (χ1v) is 29.1. The van der Waals surface area contributed by atoms with Gasteiger partial charge in [-0.2, -0.15) is 12.2 Å². The van der Waals surface area contributed by atoms with Gasteiger partial charge in [0, 0.05) is 0 Å². The predicted molar refractivity (Wildman–Crippen MR) is 324 cm³/mol. The van der Waals surface area contributed by atoms with Crippen LogP contribution in [0.15, 0.2) is 279 Å². The molecule has 10 aromatic rings. The van der Waals surface area contributed by atoms with E-state index in [4.69, 9.17) is 0 Å². The molecule has 0 amide bonds. The van der Waals surface area contributed by atoms with E-state index in [0.29, 0.717) is 0 Å². The van der Waals surface area contributed by atoms with Crippen LogP contribution in [0.25, 0.3) is 66.8 Å². The predicted octanol–water partition coefficient (Wildman–Crippen LogP) is 13.0. The molecule has 0 bridgehead atoms. The van der Waals surface area contributed by atoms with Crippen LogP contribution in [0.4, 0.5) is 0 Å². The van der Waals surface area contributed by atoms with Crippen LogP contribution in [0.1, 0.15) is 60.1 Å². The van der Waals surface area contributed by atoms with Gasteiger partial charge in [-0.15, -0.1) is 71.5 Å². The van der Waals surface area contributed by atoms with E-state index in [9.17, 15) is 0 Å². The maximum absolute atomic E-state index is 3.65. The van der Waals surface area contributed by atoms with Crippen molar-refractivity contribution in [1.29, 1.82) is 0 Å². The number of benzene rings is 10. The third-order valence-electron chi connectivity index (χ3n) is 13.5. The van der Waals surface area contributed by atoms with Gasteiger partial charge in [0.15, 0.2) is 0 Å². The molecular formula is C76H60Cl2Zr2-2. The van der Waals surface area contributed by atoms with Gasteiger partial charge in [-0.25, -0.2) is 24.3 Å². The van der Waals surface area contributed by atoms with E-state index in [0.717, 1.165) is 25.7 Å². The monoisotopic (exact) mass is 1220 g/mol. The number of hydrogen-bond acceptors (Lipinski definition) is 0. The zero-order valence-corrected chi connectivity index (χ0v) is 51.6. The Balaban J connectivity index is 0.000000155. The molecule has 4 aliphatic rings. The molecule has 80 heavy (non-hydrogen) atoms. The second kappa shape index (κ2) is 31.9. The topological polar surface area (TPSA) is 0 Å². The standard InChI is InChI=1S/2C25H17.2C8H8.2C5H5.2ClH.2Zr/c2*1-3-7-18(8-4-1)20-11-13-24-22(15-20)17-23-16-21(12-14-25(23)24)19-9-5-2-6-10-19;2*1-2-8-6-4-3-5-7-8;2*1-2-4-5-3-1;;;;/h2*1-15H,17H2;2*3-7H,1H3;2*1-3H,4H2;2*1H;;/q2*-1;;;2*-1;;;2*+2/p-2. The number of fused-ring (bicyclic) bond motifs is 6. The number of hydrogen-bond donors (Lipinski definition) is 0. The Hall–Kier alpha value is -6.75. The molecule has 0 spiro atoms. The summed E-state index contributed by atoms with van der Waals surface area (Å²) in [4.78, 5) is 0. The molecular weight excluding hydrogens is 1170 g/mol. The van der Waals surface area contributed by atoms with E-state index in [1.807, 2.05) is 36.4 Å². The molecule has 0 saturated carbocycles. The van der Waals surface area contributed by atoms with Crippen molar-refractivity contribution in [2.45, 2.75) is 39.5 Å². The van der Waals surface area contributed by atoms with E-state index in [2.05, 4.69) is 281 Å². The molecule has 14 rings (SSSR count). The van der Waals surface area contributed by atoms with Gasteiger partial charge in [0.1, 0.15) is 0 Å². The van der Waals surface area contributed by atoms with Crippen molar-refractivity contribution >= 4 is 6.41 Å². The third-order valence-corrected chi connectivity index (χ3v) is 15.0. The van der Waals surface area contributed by atoms with Gasteiger partial charge in [-0.1, -0.05) is 191 Å². The zero-order valence-electron chi connectivity index (χ0n) is 45.1. The third kappa shape index (κ3) is 17.1. The fraction of sp³-hybridized carbons (Fsp3) is 0.0789. The fourth-order valence-electron chi connectivity index (χ4n) is 9.50. The summed E-state index contributed by atoms with van der Waals surface area (Å²) in [6.07, 6.45) is 21.9. The Morgan fingerprint density at radius 1 is 0.338 bits per heavy atom. The van der Waals surface area contributed by atoms with Gasteiger partial charge < -0.3 is 24.8 Å². The van der Waals surface area contributed by atoms with Crippen molar-refractivity contribution in [2.24, 2.45) is 0 Å². The van der Waals surface area contributed by atoms with E-state index in [1.54, 1.807) is 0 Å². The largest absolute Gasteiger partial charge is 1.00 e. The van der Waals surface area contributed by atoms with E-state index >= 15 is 0 Å². The second-order valence-electron chi connectivity index (χ2n) is 19.1. The van der Waals surface area contributed by atoms with Crippen molar-refractivity contribution < 1.29 is 73.3 Å². The molecule has 0 heterocycles. The van der Waals surface area contributed by atoms with E-state index in [-0.39, 0.29) is 24.8 Å². The molecule has 0 fully saturated rings. The van der Waals surface area contributed by atoms with E-state index in [1.165, 1.54) is 155 Å². The Morgan fingerprint density at radius 2 is 0.650 bits per heavy atom. The number of rotatable bonds is 6. The van der Waals surface area contributed by atoms with Gasteiger partial charge in [-0.3, -0.25) is 12.2 Å². The van der Waals surface area contributed by atoms with Crippen LogP contribution in [-0.2, 0) is 61.3 Å². The summed E-state index contributed by atoms with van der Waals surface area (Å²) >= 11 is 3.01. The second-order valence-corrected chi connectivity index (χ2v) is 22.8. The molecule has 10 aromatic carbocycles. The molecule has 0 nitrogen and oxygen atoms in total. The summed E-state index contributed by atoms with van der Waals surface area (Å²) in [5.74, 6) is 0. The molecule has 0 aromatic heterocycles. The summed E-state index contributed by atoms with van der Waals surface area (Å²) in [5.41, 5.74) is 23.4. The Bertz CT molecular complexity index is 3250. The fourth-order valence-corrected chi connectivity index (χ4v) is 10.3. The van der Waals surface area contributed by atoms with Gasteiger partial charge in [-0.05, 0) is 46.2 Å². The summed E-state index contributed by atoms with van der Waals surface area (Å²) < 4.78 is 2.92. The Kier molecular flexibility index (Phi) is 24.3. The average Bonchev–Trinajstić information content (AvgIpc) is 4.39. The van der Waals surface area contributed by atoms with Gasteiger partial charge in [0.25, 0.3) is 0 Å². The SMILES string of the molecule is C[C](=[Zr+2])c1ccccc1.C[C](=[Zr+2])c1ccccc1.[C-]1=CC=CC1.[C-]1=CC=CC1.[Cl-].[Cl-].[c-]1c(-c2ccccc2)ccc2c1Cc1cc(-c3ccccc3)ccc1-2.[c-]1c(-c2ccccc2)ccc2c1Cc1cc(-c3ccccc3)ccc1-2. The number of halogens is 2. The van der Waals surface area contributed by atoms with Crippen molar-refractivity contribution in [3.05, 3.63) is 337 Å². The summed E-state index contributed by atoms with van der Waals surface area (Å²) in [5, 5.41) is 0. The Labute approximate surface area is 517 Å². The number of allylic oxidation sites excluding steroid dienone is 8.